The van der Waals surface area contributed by atoms with Crippen molar-refractivity contribution in [3.05, 3.63) is 34.9 Å². The van der Waals surface area contributed by atoms with Gasteiger partial charge in [-0.1, -0.05) is 26.8 Å². The fourth-order valence-corrected chi connectivity index (χ4v) is 2.83. The van der Waals surface area contributed by atoms with Gasteiger partial charge in [0.15, 0.2) is 0 Å². The van der Waals surface area contributed by atoms with Crippen molar-refractivity contribution in [2.45, 2.75) is 33.6 Å². The maximum Gasteiger partial charge on any atom is 0.350 e. The van der Waals surface area contributed by atoms with Gasteiger partial charge in [0, 0.05) is 5.57 Å². The quantitative estimate of drug-likeness (QED) is 0.474. The number of aryl methyl sites for hydroxylation is 1. The number of hydrogen-bond donors (Lipinski definition) is 0. The number of rotatable bonds is 2. The Morgan fingerprint density at radius 1 is 1.29 bits per heavy atom. The van der Waals surface area contributed by atoms with Crippen LogP contribution in [-0.4, -0.2) is 13.1 Å². The summed E-state index contributed by atoms with van der Waals surface area (Å²) in [5.41, 5.74) is 3.38. The number of fused-ring (bicyclic) bond motifs is 1. The number of nitriles is 1. The Morgan fingerprint density at radius 3 is 2.57 bits per heavy atom. The highest BCUT2D eigenvalue weighted by atomic mass is 16.5. The minimum Gasteiger partial charge on any atom is -0.497 e. The number of ether oxygens (including phenoxy) is 2. The number of nitrogens with zero attached hydrogens (tertiary/aromatic N) is 1. The number of benzene rings is 1. The number of carbonyl (C=O) groups is 1. The monoisotopic (exact) mass is 285 g/mol. The number of hydrogen-bond acceptors (Lipinski definition) is 4. The lowest BCUT2D eigenvalue weighted by molar-refractivity contribution is -0.133. The third-order valence-electron chi connectivity index (χ3n) is 3.68. The predicted octanol–water partition coefficient (Wildman–Crippen LogP) is 3.47. The summed E-state index contributed by atoms with van der Waals surface area (Å²) in [7, 11) is 1.64. The van der Waals surface area contributed by atoms with Crippen LogP contribution in [0.1, 0.15) is 38.3 Å². The molecule has 1 aliphatic rings. The molecule has 0 amide bonds. The van der Waals surface area contributed by atoms with Crippen LogP contribution in [0.15, 0.2) is 23.8 Å². The van der Waals surface area contributed by atoms with Crippen molar-refractivity contribution < 1.29 is 14.3 Å². The second kappa shape index (κ2) is 5.61. The van der Waals surface area contributed by atoms with Crippen LogP contribution in [0.3, 0.4) is 0 Å². The minimum atomic E-state index is -0.552. The zero-order valence-electron chi connectivity index (χ0n) is 12.8. The fourth-order valence-electron chi connectivity index (χ4n) is 2.83. The number of allylic oxidation sites excluding steroid dienone is 1. The van der Waals surface area contributed by atoms with E-state index in [1.54, 1.807) is 7.11 Å². The van der Waals surface area contributed by atoms with Crippen LogP contribution in [-0.2, 0) is 16.0 Å². The summed E-state index contributed by atoms with van der Waals surface area (Å²) in [5, 5.41) is 8.63. The molecule has 0 aromatic heterocycles. The number of methoxy groups -OCH3 is 1. The summed E-state index contributed by atoms with van der Waals surface area (Å²) < 4.78 is 9.82. The van der Waals surface area contributed by atoms with E-state index in [2.05, 4.69) is 4.74 Å². The van der Waals surface area contributed by atoms with Gasteiger partial charge in [0.2, 0.25) is 0 Å². The fraction of sp³-hybridized carbons (Fsp3) is 0.412. The van der Waals surface area contributed by atoms with Crippen LogP contribution in [0.4, 0.5) is 0 Å². The molecule has 4 nitrogen and oxygen atoms in total. The van der Waals surface area contributed by atoms with Gasteiger partial charge in [0.05, 0.1) is 7.11 Å². The second-order valence-corrected chi connectivity index (χ2v) is 6.11. The Kier molecular flexibility index (Phi) is 4.04. The van der Waals surface area contributed by atoms with Gasteiger partial charge >= 0.3 is 5.97 Å². The molecule has 0 fully saturated rings. The van der Waals surface area contributed by atoms with Crippen LogP contribution >= 0.6 is 0 Å². The van der Waals surface area contributed by atoms with Crippen LogP contribution in [0, 0.1) is 16.9 Å². The van der Waals surface area contributed by atoms with Crippen LogP contribution in [0.2, 0.25) is 0 Å². The van der Waals surface area contributed by atoms with E-state index in [-0.39, 0.29) is 5.41 Å². The highest BCUT2D eigenvalue weighted by molar-refractivity contribution is 6.00. The summed E-state index contributed by atoms with van der Waals surface area (Å²) in [6.45, 7) is 5.86. The molecule has 0 bridgehead atoms. The molecule has 2 rings (SSSR count). The first kappa shape index (κ1) is 15.1. The Labute approximate surface area is 125 Å². The molecule has 0 unspecified atom stereocenters. The van der Waals surface area contributed by atoms with Crippen molar-refractivity contribution in [1.82, 2.24) is 0 Å². The second-order valence-electron chi connectivity index (χ2n) is 6.11. The lowest BCUT2D eigenvalue weighted by Crippen LogP contribution is -2.20. The van der Waals surface area contributed by atoms with Crippen LogP contribution in [0.25, 0.3) is 5.57 Å². The number of esters is 1. The smallest absolute Gasteiger partial charge is 0.350 e. The molecule has 0 N–H and O–H groups in total. The summed E-state index contributed by atoms with van der Waals surface area (Å²) >= 11 is 0. The Hall–Kier alpha value is -2.28. The number of carbonyl (C=O) groups excluding carboxylic acids is 1. The van der Waals surface area contributed by atoms with Crippen molar-refractivity contribution in [3.63, 3.8) is 0 Å². The lowest BCUT2D eigenvalue weighted by atomic mass is 9.81. The van der Waals surface area contributed by atoms with Gasteiger partial charge in [-0.15, -0.1) is 5.26 Å². The summed E-state index contributed by atoms with van der Waals surface area (Å²) in [4.78, 5) is 12.2. The molecular formula is C17H19NO3. The first-order chi connectivity index (χ1) is 9.88. The first-order valence-electron chi connectivity index (χ1n) is 6.89. The predicted molar refractivity (Wildman–Crippen MR) is 79.4 cm³/mol. The molecule has 0 radical (unpaired) electrons. The van der Waals surface area contributed by atoms with Crippen molar-refractivity contribution in [2.75, 3.05) is 7.11 Å². The van der Waals surface area contributed by atoms with E-state index in [0.29, 0.717) is 5.57 Å². The first-order valence-corrected chi connectivity index (χ1v) is 6.89. The van der Waals surface area contributed by atoms with E-state index in [9.17, 15) is 4.79 Å². The molecule has 110 valence electrons. The normalized spacial score (nSPS) is 16.0. The molecule has 4 heteroatoms. The van der Waals surface area contributed by atoms with E-state index in [0.717, 1.165) is 35.3 Å². The van der Waals surface area contributed by atoms with Crippen LogP contribution < -0.4 is 4.74 Å². The molecule has 0 saturated heterocycles. The SMILES string of the molecule is COc1ccc2c(c1)CCC2=C(C(=O)OC#N)C(C)(C)C. The largest absolute Gasteiger partial charge is 0.497 e. The van der Waals surface area contributed by atoms with Gasteiger partial charge in [0.25, 0.3) is 6.26 Å². The van der Waals surface area contributed by atoms with E-state index in [1.165, 1.54) is 6.26 Å². The van der Waals surface area contributed by atoms with E-state index >= 15 is 0 Å². The summed E-state index contributed by atoms with van der Waals surface area (Å²) in [5.74, 6) is 0.260. The summed E-state index contributed by atoms with van der Waals surface area (Å²) in [6.07, 6.45) is 3.12. The molecule has 1 aliphatic carbocycles. The van der Waals surface area contributed by atoms with Crippen molar-refractivity contribution >= 4 is 11.5 Å². The molecule has 0 spiro atoms. The van der Waals surface area contributed by atoms with Crippen molar-refractivity contribution in [1.29, 1.82) is 5.26 Å². The van der Waals surface area contributed by atoms with E-state index in [4.69, 9.17) is 10.00 Å². The molecule has 21 heavy (non-hydrogen) atoms. The average Bonchev–Trinajstić information content (AvgIpc) is 2.80. The van der Waals surface area contributed by atoms with E-state index < -0.39 is 5.97 Å². The molecule has 0 atom stereocenters. The molecule has 1 aromatic carbocycles. The lowest BCUT2D eigenvalue weighted by Gasteiger charge is -2.23. The zero-order chi connectivity index (χ0) is 15.6. The third-order valence-corrected chi connectivity index (χ3v) is 3.68. The Balaban J connectivity index is 2.58. The Morgan fingerprint density at radius 2 is 2.00 bits per heavy atom. The maximum absolute atomic E-state index is 12.2. The van der Waals surface area contributed by atoms with Gasteiger partial charge in [0.1, 0.15) is 5.75 Å². The third kappa shape index (κ3) is 2.92. The van der Waals surface area contributed by atoms with E-state index in [1.807, 2.05) is 39.0 Å². The average molecular weight is 285 g/mol. The molecule has 0 aliphatic heterocycles. The molecule has 1 aromatic rings. The van der Waals surface area contributed by atoms with Gasteiger partial charge in [-0.2, -0.15) is 0 Å². The van der Waals surface area contributed by atoms with Gasteiger partial charge in [-0.05, 0) is 47.1 Å². The van der Waals surface area contributed by atoms with Gasteiger partial charge < -0.3 is 9.47 Å². The highest BCUT2D eigenvalue weighted by Crippen LogP contribution is 2.41. The highest BCUT2D eigenvalue weighted by Gasteiger charge is 2.32. The minimum absolute atomic E-state index is 0.384. The maximum atomic E-state index is 12.2. The topological polar surface area (TPSA) is 59.3 Å². The molecule has 0 saturated carbocycles. The molecular weight excluding hydrogens is 266 g/mol. The standard InChI is InChI=1S/C17H19NO3/c1-17(2,3)15(16(19)21-10-18)14-7-5-11-9-12(20-4)6-8-13(11)14/h6,8-9H,5,7H2,1-4H3. The van der Waals surface area contributed by atoms with Crippen LogP contribution in [0.5, 0.6) is 5.75 Å². The molecule has 0 heterocycles. The van der Waals surface area contributed by atoms with Crippen molar-refractivity contribution in [3.8, 4) is 12.0 Å². The zero-order valence-corrected chi connectivity index (χ0v) is 12.8. The summed E-state index contributed by atoms with van der Waals surface area (Å²) in [6, 6.07) is 5.86. The Bertz CT molecular complexity index is 645. The van der Waals surface area contributed by atoms with Gasteiger partial charge in [-0.3, -0.25) is 0 Å². The van der Waals surface area contributed by atoms with Crippen molar-refractivity contribution in [2.24, 2.45) is 5.41 Å². The van der Waals surface area contributed by atoms with Gasteiger partial charge in [-0.25, -0.2) is 4.79 Å².